The molecule has 1 aromatic rings. The van der Waals surface area contributed by atoms with Crippen LogP contribution in [-0.4, -0.2) is 6.54 Å². The number of hydrogen-bond acceptors (Lipinski definition) is 1. The largest absolute Gasteiger partial charge is 0.306 e. The quantitative estimate of drug-likeness (QED) is 0.724. The number of aryl methyl sites for hydroxylation is 1. The molecule has 74 valence electrons. The van der Waals surface area contributed by atoms with E-state index in [1.165, 1.54) is 11.6 Å². The number of hydrogen-bond donors (Lipinski definition) is 1. The Bertz CT molecular complexity index is 346. The maximum absolute atomic E-state index is 12.9. The van der Waals surface area contributed by atoms with Crippen LogP contribution in [0.3, 0.4) is 0 Å². The summed E-state index contributed by atoms with van der Waals surface area (Å²) in [7, 11) is 0. The first kappa shape index (κ1) is 9.41. The summed E-state index contributed by atoms with van der Waals surface area (Å²) in [5.74, 6) is -0.131. The number of rotatable bonds is 3. The van der Waals surface area contributed by atoms with Crippen molar-refractivity contribution in [3.63, 3.8) is 0 Å². The molecule has 2 heteroatoms. The summed E-state index contributed by atoms with van der Waals surface area (Å²) in [6.07, 6.45) is 3.88. The molecule has 1 nitrogen and oxygen atoms in total. The molecular formula is C12H14FN. The average Bonchev–Trinajstić information content (AvgIpc) is 2.57. The molecule has 0 saturated heterocycles. The van der Waals surface area contributed by atoms with Gasteiger partial charge >= 0.3 is 0 Å². The van der Waals surface area contributed by atoms with Crippen molar-refractivity contribution < 1.29 is 4.39 Å². The van der Waals surface area contributed by atoms with E-state index in [9.17, 15) is 4.39 Å². The molecule has 0 bridgehead atoms. The number of halogens is 1. The first-order valence-electron chi connectivity index (χ1n) is 4.94. The SMILES string of the molecule is C=CCNC1CCc2cc(F)ccc21. The summed E-state index contributed by atoms with van der Waals surface area (Å²) in [5, 5.41) is 3.37. The molecule has 0 amide bonds. The van der Waals surface area contributed by atoms with Gasteiger partial charge in [0.2, 0.25) is 0 Å². The van der Waals surface area contributed by atoms with Gasteiger partial charge in [0.25, 0.3) is 0 Å². The van der Waals surface area contributed by atoms with Gasteiger partial charge in [-0.1, -0.05) is 12.1 Å². The molecule has 0 aliphatic heterocycles. The smallest absolute Gasteiger partial charge is 0.123 e. The molecule has 0 fully saturated rings. The minimum absolute atomic E-state index is 0.131. The first-order valence-corrected chi connectivity index (χ1v) is 4.94. The lowest BCUT2D eigenvalue weighted by molar-refractivity contribution is 0.564. The highest BCUT2D eigenvalue weighted by Gasteiger charge is 2.21. The van der Waals surface area contributed by atoms with Gasteiger partial charge in [-0.05, 0) is 36.1 Å². The fourth-order valence-electron chi connectivity index (χ4n) is 2.02. The van der Waals surface area contributed by atoms with Crippen molar-refractivity contribution in [2.24, 2.45) is 0 Å². The van der Waals surface area contributed by atoms with Gasteiger partial charge in [-0.15, -0.1) is 6.58 Å². The third-order valence-electron chi connectivity index (χ3n) is 2.69. The maximum atomic E-state index is 12.9. The van der Waals surface area contributed by atoms with E-state index in [-0.39, 0.29) is 5.82 Å². The van der Waals surface area contributed by atoms with E-state index in [4.69, 9.17) is 0 Å². The van der Waals surface area contributed by atoms with E-state index in [1.807, 2.05) is 12.1 Å². The van der Waals surface area contributed by atoms with Crippen molar-refractivity contribution in [1.82, 2.24) is 5.32 Å². The van der Waals surface area contributed by atoms with Gasteiger partial charge < -0.3 is 5.32 Å². The van der Waals surface area contributed by atoms with Crippen molar-refractivity contribution in [2.75, 3.05) is 6.54 Å². The Kier molecular flexibility index (Phi) is 2.64. The van der Waals surface area contributed by atoms with Crippen LogP contribution in [0.25, 0.3) is 0 Å². The molecule has 0 spiro atoms. The summed E-state index contributed by atoms with van der Waals surface area (Å²) >= 11 is 0. The molecule has 1 unspecified atom stereocenters. The van der Waals surface area contributed by atoms with Crippen LogP contribution in [0.2, 0.25) is 0 Å². The molecule has 1 aliphatic rings. The van der Waals surface area contributed by atoms with Crippen molar-refractivity contribution in [3.05, 3.63) is 47.8 Å². The Balaban J connectivity index is 2.18. The highest BCUT2D eigenvalue weighted by atomic mass is 19.1. The van der Waals surface area contributed by atoms with Crippen molar-refractivity contribution in [1.29, 1.82) is 0 Å². The van der Waals surface area contributed by atoms with E-state index in [1.54, 1.807) is 6.07 Å². The zero-order chi connectivity index (χ0) is 9.97. The van der Waals surface area contributed by atoms with Crippen molar-refractivity contribution in [2.45, 2.75) is 18.9 Å². The fraction of sp³-hybridized carbons (Fsp3) is 0.333. The van der Waals surface area contributed by atoms with Crippen LogP contribution in [-0.2, 0) is 6.42 Å². The van der Waals surface area contributed by atoms with Crippen LogP contribution in [0.1, 0.15) is 23.6 Å². The summed E-state index contributed by atoms with van der Waals surface area (Å²) in [6.45, 7) is 4.48. The lowest BCUT2D eigenvalue weighted by Crippen LogP contribution is -2.18. The normalized spacial score (nSPS) is 19.4. The van der Waals surface area contributed by atoms with Crippen molar-refractivity contribution >= 4 is 0 Å². The summed E-state index contributed by atoms with van der Waals surface area (Å²) in [4.78, 5) is 0. The minimum atomic E-state index is -0.131. The van der Waals surface area contributed by atoms with E-state index < -0.39 is 0 Å². The van der Waals surface area contributed by atoms with E-state index in [2.05, 4.69) is 11.9 Å². The second kappa shape index (κ2) is 3.93. The summed E-state index contributed by atoms with van der Waals surface area (Å²) in [5.41, 5.74) is 2.39. The zero-order valence-electron chi connectivity index (χ0n) is 8.09. The molecule has 0 saturated carbocycles. The van der Waals surface area contributed by atoms with Crippen molar-refractivity contribution in [3.8, 4) is 0 Å². The van der Waals surface area contributed by atoms with E-state index in [0.29, 0.717) is 6.04 Å². The molecule has 1 atom stereocenters. The van der Waals surface area contributed by atoms with Crippen LogP contribution in [0.15, 0.2) is 30.9 Å². The van der Waals surface area contributed by atoms with Crippen LogP contribution in [0.5, 0.6) is 0 Å². The molecule has 2 rings (SSSR count). The van der Waals surface area contributed by atoms with Gasteiger partial charge in [0.1, 0.15) is 5.82 Å². The highest BCUT2D eigenvalue weighted by Crippen LogP contribution is 2.31. The monoisotopic (exact) mass is 191 g/mol. The van der Waals surface area contributed by atoms with Gasteiger partial charge in [0.15, 0.2) is 0 Å². The fourth-order valence-corrected chi connectivity index (χ4v) is 2.02. The third kappa shape index (κ3) is 1.70. The third-order valence-corrected chi connectivity index (χ3v) is 2.69. The zero-order valence-corrected chi connectivity index (χ0v) is 8.09. The van der Waals surface area contributed by atoms with E-state index >= 15 is 0 Å². The van der Waals surface area contributed by atoms with E-state index in [0.717, 1.165) is 24.9 Å². The Hall–Kier alpha value is -1.15. The number of benzene rings is 1. The Morgan fingerprint density at radius 1 is 1.57 bits per heavy atom. The molecular weight excluding hydrogens is 177 g/mol. The van der Waals surface area contributed by atoms with Crippen LogP contribution < -0.4 is 5.32 Å². The van der Waals surface area contributed by atoms with Gasteiger partial charge in [0.05, 0.1) is 0 Å². The molecule has 0 heterocycles. The Morgan fingerprint density at radius 2 is 2.43 bits per heavy atom. The topological polar surface area (TPSA) is 12.0 Å². The Morgan fingerprint density at radius 3 is 3.21 bits per heavy atom. The predicted molar refractivity (Wildman–Crippen MR) is 55.7 cm³/mol. The van der Waals surface area contributed by atoms with Gasteiger partial charge in [-0.2, -0.15) is 0 Å². The lowest BCUT2D eigenvalue weighted by Gasteiger charge is -2.11. The highest BCUT2D eigenvalue weighted by molar-refractivity contribution is 5.34. The van der Waals surface area contributed by atoms with Crippen LogP contribution >= 0.6 is 0 Å². The minimum Gasteiger partial charge on any atom is -0.306 e. The molecule has 1 aromatic carbocycles. The molecule has 1 N–H and O–H groups in total. The molecule has 0 radical (unpaired) electrons. The number of nitrogens with one attached hydrogen (secondary N) is 1. The van der Waals surface area contributed by atoms with Crippen LogP contribution in [0.4, 0.5) is 4.39 Å². The molecule has 14 heavy (non-hydrogen) atoms. The predicted octanol–water partition coefficient (Wildman–Crippen LogP) is 2.59. The molecule has 0 aromatic heterocycles. The van der Waals surface area contributed by atoms with Gasteiger partial charge in [0, 0.05) is 12.6 Å². The van der Waals surface area contributed by atoms with Crippen LogP contribution in [0, 0.1) is 5.82 Å². The second-order valence-electron chi connectivity index (χ2n) is 3.63. The lowest BCUT2D eigenvalue weighted by atomic mass is 10.1. The second-order valence-corrected chi connectivity index (χ2v) is 3.63. The summed E-state index contributed by atoms with van der Waals surface area (Å²) < 4.78 is 12.9. The van der Waals surface area contributed by atoms with Gasteiger partial charge in [-0.25, -0.2) is 4.39 Å². The first-order chi connectivity index (χ1) is 6.81. The van der Waals surface area contributed by atoms with Gasteiger partial charge in [-0.3, -0.25) is 0 Å². The Labute approximate surface area is 83.6 Å². The summed E-state index contributed by atoms with van der Waals surface area (Å²) in [6, 6.07) is 5.44. The average molecular weight is 191 g/mol. The number of fused-ring (bicyclic) bond motifs is 1. The molecule has 1 aliphatic carbocycles. The maximum Gasteiger partial charge on any atom is 0.123 e. The standard InChI is InChI=1S/C12H14FN/c1-2-7-14-12-6-3-9-8-10(13)4-5-11(9)12/h2,4-5,8,12,14H,1,3,6-7H2.